The van der Waals surface area contributed by atoms with Gasteiger partial charge in [0.2, 0.25) is 0 Å². The third-order valence-electron chi connectivity index (χ3n) is 2.49. The van der Waals surface area contributed by atoms with Gasteiger partial charge in [0.05, 0.1) is 0 Å². The summed E-state index contributed by atoms with van der Waals surface area (Å²) in [5.41, 5.74) is 0.903. The quantitative estimate of drug-likeness (QED) is 0.776. The van der Waals surface area contributed by atoms with Gasteiger partial charge in [-0.15, -0.1) is 0 Å². The molecule has 0 heterocycles. The summed E-state index contributed by atoms with van der Waals surface area (Å²) in [5, 5.41) is 11.5. The molecule has 1 atom stereocenters. The number of aliphatic carboxylic acids is 1. The van der Waals surface area contributed by atoms with Crippen molar-refractivity contribution in [1.82, 2.24) is 5.32 Å². The van der Waals surface area contributed by atoms with Crippen molar-refractivity contribution < 1.29 is 14.3 Å². The fourth-order valence-electron chi connectivity index (χ4n) is 1.59. The van der Waals surface area contributed by atoms with E-state index in [0.29, 0.717) is 12.8 Å². The summed E-state index contributed by atoms with van der Waals surface area (Å²) < 4.78 is 12.8. The van der Waals surface area contributed by atoms with Gasteiger partial charge in [-0.2, -0.15) is 0 Å². The number of aryl methyl sites for hydroxylation is 1. The summed E-state index contributed by atoms with van der Waals surface area (Å²) >= 11 is 0. The van der Waals surface area contributed by atoms with Gasteiger partial charge in [0.25, 0.3) is 0 Å². The molecule has 4 heteroatoms. The maximum absolute atomic E-state index is 12.8. The zero-order valence-corrected chi connectivity index (χ0v) is 9.24. The number of halogens is 1. The van der Waals surface area contributed by atoms with Crippen LogP contribution in [0.4, 0.5) is 4.39 Å². The number of hydrogen-bond donors (Lipinski definition) is 2. The van der Waals surface area contributed by atoms with E-state index >= 15 is 0 Å². The highest BCUT2D eigenvalue weighted by molar-refractivity contribution is 5.73. The predicted molar refractivity (Wildman–Crippen MR) is 59.8 cm³/mol. The van der Waals surface area contributed by atoms with Crippen molar-refractivity contribution in [2.75, 3.05) is 7.05 Å². The van der Waals surface area contributed by atoms with Gasteiger partial charge in [-0.25, -0.2) is 4.39 Å². The minimum atomic E-state index is -0.846. The lowest BCUT2D eigenvalue weighted by Crippen LogP contribution is -2.33. The van der Waals surface area contributed by atoms with Crippen LogP contribution in [-0.2, 0) is 11.2 Å². The number of nitrogens with one attached hydrogen (secondary N) is 1. The molecule has 1 aromatic rings. The Bertz CT molecular complexity index is 355. The minimum absolute atomic E-state index is 0.249. The van der Waals surface area contributed by atoms with Crippen molar-refractivity contribution in [3.8, 4) is 0 Å². The van der Waals surface area contributed by atoms with Crippen molar-refractivity contribution in [2.45, 2.75) is 25.3 Å². The van der Waals surface area contributed by atoms with Crippen LogP contribution in [0.1, 0.15) is 18.4 Å². The summed E-state index contributed by atoms with van der Waals surface area (Å²) in [5.74, 6) is -1.09. The van der Waals surface area contributed by atoms with Crippen LogP contribution in [-0.4, -0.2) is 24.2 Å². The fourth-order valence-corrected chi connectivity index (χ4v) is 1.59. The molecule has 1 aromatic carbocycles. The monoisotopic (exact) mass is 225 g/mol. The Hall–Kier alpha value is -1.42. The van der Waals surface area contributed by atoms with Crippen LogP contribution < -0.4 is 5.32 Å². The van der Waals surface area contributed by atoms with Crippen molar-refractivity contribution in [3.63, 3.8) is 0 Å². The lowest BCUT2D eigenvalue weighted by Gasteiger charge is -2.10. The van der Waals surface area contributed by atoms with E-state index in [9.17, 15) is 9.18 Å². The normalized spacial score (nSPS) is 12.4. The average molecular weight is 225 g/mol. The maximum atomic E-state index is 12.8. The van der Waals surface area contributed by atoms with Crippen LogP contribution in [0.2, 0.25) is 0 Å². The topological polar surface area (TPSA) is 49.3 Å². The molecule has 0 amide bonds. The van der Waals surface area contributed by atoms with Crippen LogP contribution in [0.5, 0.6) is 0 Å². The van der Waals surface area contributed by atoms with Gasteiger partial charge in [0.15, 0.2) is 0 Å². The maximum Gasteiger partial charge on any atom is 0.320 e. The van der Waals surface area contributed by atoms with Gasteiger partial charge in [0.1, 0.15) is 11.9 Å². The Morgan fingerprint density at radius 2 is 2.31 bits per heavy atom. The summed E-state index contributed by atoms with van der Waals surface area (Å²) in [6, 6.07) is 5.87. The standard InChI is InChI=1S/C12H16FNO2/c1-14-11(12(15)16)7-3-5-9-4-2-6-10(13)8-9/h2,4,6,8,11,14H,3,5,7H2,1H3,(H,15,16)/t11-/m0/s1. The highest BCUT2D eigenvalue weighted by atomic mass is 19.1. The molecule has 0 saturated heterocycles. The second-order valence-electron chi connectivity index (χ2n) is 3.70. The molecule has 0 aliphatic rings. The molecule has 0 spiro atoms. The van der Waals surface area contributed by atoms with Crippen LogP contribution in [0.15, 0.2) is 24.3 Å². The molecule has 1 rings (SSSR count). The number of carbonyl (C=O) groups is 1. The Balaban J connectivity index is 2.38. The second-order valence-corrected chi connectivity index (χ2v) is 3.70. The Morgan fingerprint density at radius 3 is 2.88 bits per heavy atom. The van der Waals surface area contributed by atoms with E-state index in [2.05, 4.69) is 5.32 Å². The first-order valence-electron chi connectivity index (χ1n) is 5.28. The van der Waals surface area contributed by atoms with Gasteiger partial charge >= 0.3 is 5.97 Å². The highest BCUT2D eigenvalue weighted by Gasteiger charge is 2.13. The summed E-state index contributed by atoms with van der Waals surface area (Å²) in [6.45, 7) is 0. The first-order valence-corrected chi connectivity index (χ1v) is 5.28. The Labute approximate surface area is 94.3 Å². The molecule has 88 valence electrons. The van der Waals surface area contributed by atoms with Crippen LogP contribution in [0.3, 0.4) is 0 Å². The molecule has 0 aliphatic carbocycles. The molecule has 0 saturated carbocycles. The van der Waals surface area contributed by atoms with E-state index in [0.717, 1.165) is 12.0 Å². The number of carboxylic acid groups (broad SMARTS) is 1. The van der Waals surface area contributed by atoms with Crippen LogP contribution in [0.25, 0.3) is 0 Å². The van der Waals surface area contributed by atoms with Crippen molar-refractivity contribution >= 4 is 5.97 Å². The Kier molecular flexibility index (Phi) is 4.92. The zero-order chi connectivity index (χ0) is 12.0. The van der Waals surface area contributed by atoms with E-state index < -0.39 is 12.0 Å². The van der Waals surface area contributed by atoms with E-state index in [1.54, 1.807) is 13.1 Å². The average Bonchev–Trinajstić information content (AvgIpc) is 2.24. The summed E-state index contributed by atoms with van der Waals surface area (Å²) in [6.07, 6.45) is 1.97. The predicted octanol–water partition coefficient (Wildman–Crippen LogP) is 1.82. The van der Waals surface area contributed by atoms with E-state index in [4.69, 9.17) is 5.11 Å². The first kappa shape index (κ1) is 12.6. The van der Waals surface area contributed by atoms with Gasteiger partial charge < -0.3 is 10.4 Å². The smallest absolute Gasteiger partial charge is 0.320 e. The number of hydrogen-bond acceptors (Lipinski definition) is 2. The molecule has 0 radical (unpaired) electrons. The van der Waals surface area contributed by atoms with Gasteiger partial charge in [-0.05, 0) is 44.0 Å². The fraction of sp³-hybridized carbons (Fsp3) is 0.417. The molecule has 2 N–H and O–H groups in total. The highest BCUT2D eigenvalue weighted by Crippen LogP contribution is 2.08. The number of rotatable bonds is 6. The first-order chi connectivity index (χ1) is 7.63. The molecule has 0 fully saturated rings. The molecular weight excluding hydrogens is 209 g/mol. The summed E-state index contributed by atoms with van der Waals surface area (Å²) in [4.78, 5) is 10.7. The molecule has 0 bridgehead atoms. The van der Waals surface area contributed by atoms with Crippen LogP contribution >= 0.6 is 0 Å². The van der Waals surface area contributed by atoms with Crippen molar-refractivity contribution in [3.05, 3.63) is 35.6 Å². The largest absolute Gasteiger partial charge is 0.480 e. The second kappa shape index (κ2) is 6.23. The van der Waals surface area contributed by atoms with Crippen LogP contribution in [0, 0.1) is 5.82 Å². The van der Waals surface area contributed by atoms with Gasteiger partial charge in [0, 0.05) is 0 Å². The SMILES string of the molecule is CN[C@@H](CCCc1cccc(F)c1)C(=O)O. The number of benzene rings is 1. The van der Waals surface area contributed by atoms with E-state index in [1.165, 1.54) is 12.1 Å². The van der Waals surface area contributed by atoms with E-state index in [1.807, 2.05) is 6.07 Å². The lowest BCUT2D eigenvalue weighted by atomic mass is 10.0. The molecule has 0 aliphatic heterocycles. The number of carboxylic acids is 1. The van der Waals surface area contributed by atoms with Crippen molar-refractivity contribution in [2.24, 2.45) is 0 Å². The van der Waals surface area contributed by atoms with Gasteiger partial charge in [-0.1, -0.05) is 12.1 Å². The molecule has 0 unspecified atom stereocenters. The van der Waals surface area contributed by atoms with E-state index in [-0.39, 0.29) is 5.82 Å². The summed E-state index contributed by atoms with van der Waals surface area (Å²) in [7, 11) is 1.63. The molecule has 16 heavy (non-hydrogen) atoms. The number of likely N-dealkylation sites (N-methyl/N-ethyl adjacent to an activating group) is 1. The third-order valence-corrected chi connectivity index (χ3v) is 2.49. The zero-order valence-electron chi connectivity index (χ0n) is 9.24. The molecular formula is C12H16FNO2. The third kappa shape index (κ3) is 3.98. The lowest BCUT2D eigenvalue weighted by molar-refractivity contribution is -0.139. The van der Waals surface area contributed by atoms with Crippen molar-refractivity contribution in [1.29, 1.82) is 0 Å². The Morgan fingerprint density at radius 1 is 1.56 bits per heavy atom. The minimum Gasteiger partial charge on any atom is -0.480 e. The van der Waals surface area contributed by atoms with Gasteiger partial charge in [-0.3, -0.25) is 4.79 Å². The molecule has 0 aromatic heterocycles. The molecule has 3 nitrogen and oxygen atoms in total.